The summed E-state index contributed by atoms with van der Waals surface area (Å²) in [5.41, 5.74) is 0. The topological polar surface area (TPSA) is 86.6 Å². The summed E-state index contributed by atoms with van der Waals surface area (Å²) in [6.45, 7) is 0. The minimum Gasteiger partial charge on any atom is -0.481 e. The molecule has 1 saturated carbocycles. The molecule has 0 aliphatic heterocycles. The largest absolute Gasteiger partial charge is 0.481 e. The van der Waals surface area contributed by atoms with E-state index in [1.165, 1.54) is 0 Å². The highest BCUT2D eigenvalue weighted by Gasteiger charge is 2.21. The van der Waals surface area contributed by atoms with Gasteiger partial charge in [0.25, 0.3) is 0 Å². The smallest absolute Gasteiger partial charge is 0.303 e. The molecule has 0 aromatic rings. The predicted molar refractivity (Wildman–Crippen MR) is 57.9 cm³/mol. The van der Waals surface area contributed by atoms with E-state index in [9.17, 15) is 14.7 Å². The van der Waals surface area contributed by atoms with Gasteiger partial charge < -0.3 is 15.5 Å². The van der Waals surface area contributed by atoms with Crippen LogP contribution in [0.25, 0.3) is 0 Å². The molecule has 0 bridgehead atoms. The van der Waals surface area contributed by atoms with Gasteiger partial charge >= 0.3 is 5.97 Å². The molecule has 2 unspecified atom stereocenters. The first-order valence-corrected chi connectivity index (χ1v) is 5.77. The third-order valence-electron chi connectivity index (χ3n) is 2.81. The van der Waals surface area contributed by atoms with Crippen molar-refractivity contribution in [2.24, 2.45) is 0 Å². The average molecular weight is 229 g/mol. The van der Waals surface area contributed by atoms with Crippen molar-refractivity contribution in [1.29, 1.82) is 0 Å². The molecular formula is C11H19NO4. The fourth-order valence-electron chi connectivity index (χ4n) is 2.00. The minimum atomic E-state index is -0.874. The first-order valence-electron chi connectivity index (χ1n) is 5.77. The normalized spacial score (nSPS) is 25.1. The first kappa shape index (κ1) is 13.0. The van der Waals surface area contributed by atoms with Crippen LogP contribution in [0.5, 0.6) is 0 Å². The standard InChI is InChI=1S/C11H19NO4/c13-9-4-1-3-8(7-9)12-10(14)5-2-6-11(15)16/h8-9,13H,1-7H2,(H,12,14)(H,15,16). The number of aliphatic carboxylic acids is 1. The van der Waals surface area contributed by atoms with E-state index in [4.69, 9.17) is 5.11 Å². The van der Waals surface area contributed by atoms with Crippen LogP contribution < -0.4 is 5.32 Å². The van der Waals surface area contributed by atoms with Crippen molar-refractivity contribution >= 4 is 11.9 Å². The van der Waals surface area contributed by atoms with Gasteiger partial charge in [-0.2, -0.15) is 0 Å². The second-order valence-corrected chi connectivity index (χ2v) is 4.33. The van der Waals surface area contributed by atoms with Crippen molar-refractivity contribution < 1.29 is 19.8 Å². The molecule has 1 rings (SSSR count). The van der Waals surface area contributed by atoms with Gasteiger partial charge in [-0.05, 0) is 32.1 Å². The number of hydrogen-bond acceptors (Lipinski definition) is 3. The number of nitrogens with one attached hydrogen (secondary N) is 1. The van der Waals surface area contributed by atoms with Gasteiger partial charge in [-0.3, -0.25) is 9.59 Å². The van der Waals surface area contributed by atoms with Crippen molar-refractivity contribution in [3.8, 4) is 0 Å². The third kappa shape index (κ3) is 5.11. The highest BCUT2D eigenvalue weighted by atomic mass is 16.4. The maximum absolute atomic E-state index is 11.4. The quantitative estimate of drug-likeness (QED) is 0.646. The summed E-state index contributed by atoms with van der Waals surface area (Å²) in [6, 6.07) is 0.0566. The number of aliphatic hydroxyl groups excluding tert-OH is 1. The van der Waals surface area contributed by atoms with Crippen LogP contribution in [-0.4, -0.2) is 34.2 Å². The van der Waals surface area contributed by atoms with E-state index in [1.807, 2.05) is 0 Å². The van der Waals surface area contributed by atoms with E-state index in [0.29, 0.717) is 12.8 Å². The summed E-state index contributed by atoms with van der Waals surface area (Å²) < 4.78 is 0. The van der Waals surface area contributed by atoms with Gasteiger partial charge in [0.05, 0.1) is 6.10 Å². The number of amides is 1. The van der Waals surface area contributed by atoms with Gasteiger partial charge in [0, 0.05) is 18.9 Å². The van der Waals surface area contributed by atoms with Gasteiger partial charge in [0.1, 0.15) is 0 Å². The second-order valence-electron chi connectivity index (χ2n) is 4.33. The first-order chi connectivity index (χ1) is 7.58. The maximum atomic E-state index is 11.4. The highest BCUT2D eigenvalue weighted by molar-refractivity contribution is 5.77. The summed E-state index contributed by atoms with van der Waals surface area (Å²) in [4.78, 5) is 21.7. The Kier molecular flexibility index (Phi) is 5.25. The molecule has 0 radical (unpaired) electrons. The molecule has 2 atom stereocenters. The SMILES string of the molecule is O=C(O)CCCC(=O)NC1CCCC(O)C1. The lowest BCUT2D eigenvalue weighted by molar-refractivity contribution is -0.137. The Bertz CT molecular complexity index is 254. The zero-order valence-electron chi connectivity index (χ0n) is 9.32. The molecule has 1 aliphatic carbocycles. The Hall–Kier alpha value is -1.10. The van der Waals surface area contributed by atoms with Crippen molar-refractivity contribution in [3.05, 3.63) is 0 Å². The lowest BCUT2D eigenvalue weighted by Crippen LogP contribution is -2.39. The van der Waals surface area contributed by atoms with E-state index in [2.05, 4.69) is 5.32 Å². The van der Waals surface area contributed by atoms with Crippen LogP contribution in [-0.2, 0) is 9.59 Å². The molecular weight excluding hydrogens is 210 g/mol. The van der Waals surface area contributed by atoms with E-state index in [1.54, 1.807) is 0 Å². The van der Waals surface area contributed by atoms with Crippen molar-refractivity contribution in [2.45, 2.75) is 57.1 Å². The van der Waals surface area contributed by atoms with Crippen molar-refractivity contribution in [1.82, 2.24) is 5.32 Å². The van der Waals surface area contributed by atoms with Crippen LogP contribution >= 0.6 is 0 Å². The molecule has 5 nitrogen and oxygen atoms in total. The van der Waals surface area contributed by atoms with Gasteiger partial charge in [0.2, 0.25) is 5.91 Å². The van der Waals surface area contributed by atoms with Crippen LogP contribution in [0, 0.1) is 0 Å². The maximum Gasteiger partial charge on any atom is 0.303 e. The van der Waals surface area contributed by atoms with Crippen LogP contribution in [0.3, 0.4) is 0 Å². The molecule has 1 fully saturated rings. The molecule has 16 heavy (non-hydrogen) atoms. The van der Waals surface area contributed by atoms with Gasteiger partial charge in [0.15, 0.2) is 0 Å². The lowest BCUT2D eigenvalue weighted by atomic mass is 9.93. The average Bonchev–Trinajstić information content (AvgIpc) is 2.16. The third-order valence-corrected chi connectivity index (χ3v) is 2.81. The number of aliphatic hydroxyl groups is 1. The number of carbonyl (C=O) groups is 2. The van der Waals surface area contributed by atoms with Gasteiger partial charge in [-0.15, -0.1) is 0 Å². The second kappa shape index (κ2) is 6.48. The molecule has 0 saturated heterocycles. The Balaban J connectivity index is 2.15. The number of carbonyl (C=O) groups excluding carboxylic acids is 1. The number of hydrogen-bond donors (Lipinski definition) is 3. The Labute approximate surface area is 94.8 Å². The fraction of sp³-hybridized carbons (Fsp3) is 0.818. The highest BCUT2D eigenvalue weighted by Crippen LogP contribution is 2.18. The van der Waals surface area contributed by atoms with Crippen LogP contribution in [0.4, 0.5) is 0 Å². The summed E-state index contributed by atoms with van der Waals surface area (Å²) in [7, 11) is 0. The zero-order valence-corrected chi connectivity index (χ0v) is 9.32. The predicted octanol–water partition coefficient (Wildman–Crippen LogP) is 0.661. The minimum absolute atomic E-state index is 0.0285. The Morgan fingerprint density at radius 3 is 2.62 bits per heavy atom. The van der Waals surface area contributed by atoms with Gasteiger partial charge in [-0.1, -0.05) is 0 Å². The molecule has 1 amide bonds. The fourth-order valence-corrected chi connectivity index (χ4v) is 2.00. The van der Waals surface area contributed by atoms with Crippen LogP contribution in [0.2, 0.25) is 0 Å². The van der Waals surface area contributed by atoms with Crippen molar-refractivity contribution in [2.75, 3.05) is 0 Å². The number of carboxylic acid groups (broad SMARTS) is 1. The van der Waals surface area contributed by atoms with E-state index < -0.39 is 5.97 Å². The van der Waals surface area contributed by atoms with E-state index in [-0.39, 0.29) is 30.9 Å². The molecule has 0 spiro atoms. The molecule has 1 aliphatic rings. The summed E-state index contributed by atoms with van der Waals surface area (Å²) >= 11 is 0. The van der Waals surface area contributed by atoms with Crippen LogP contribution in [0.1, 0.15) is 44.9 Å². The number of carboxylic acids is 1. The molecule has 0 aromatic carbocycles. The molecule has 92 valence electrons. The lowest BCUT2D eigenvalue weighted by Gasteiger charge is -2.26. The van der Waals surface area contributed by atoms with Gasteiger partial charge in [-0.25, -0.2) is 0 Å². The van der Waals surface area contributed by atoms with Crippen LogP contribution in [0.15, 0.2) is 0 Å². The summed E-state index contributed by atoms with van der Waals surface area (Å²) in [5.74, 6) is -0.985. The Morgan fingerprint density at radius 2 is 2.00 bits per heavy atom. The Morgan fingerprint density at radius 1 is 1.25 bits per heavy atom. The molecule has 3 N–H and O–H groups in total. The van der Waals surface area contributed by atoms with E-state index in [0.717, 1.165) is 19.3 Å². The monoisotopic (exact) mass is 229 g/mol. The number of rotatable bonds is 5. The molecule has 0 heterocycles. The summed E-state index contributed by atoms with van der Waals surface area (Å²) in [5, 5.41) is 20.7. The molecule has 0 aromatic heterocycles. The molecule has 5 heteroatoms. The van der Waals surface area contributed by atoms with Crippen molar-refractivity contribution in [3.63, 3.8) is 0 Å². The summed E-state index contributed by atoms with van der Waals surface area (Å²) in [6.07, 6.45) is 3.60. The zero-order chi connectivity index (χ0) is 12.0. The van der Waals surface area contributed by atoms with E-state index >= 15 is 0 Å².